The van der Waals surface area contributed by atoms with Crippen molar-refractivity contribution in [2.24, 2.45) is 0 Å². The summed E-state index contributed by atoms with van der Waals surface area (Å²) in [5.41, 5.74) is -0.00986. The SMILES string of the molecule is CC(=O)Nc1cc(F)ccc1CNC(=O)c1nc2n(c(=O)c1OCc1ccccc1)CCOC2(C)C. The minimum Gasteiger partial charge on any atom is -0.481 e. The van der Waals surface area contributed by atoms with Crippen LogP contribution in [0.2, 0.25) is 0 Å². The molecule has 1 aliphatic rings. The van der Waals surface area contributed by atoms with Crippen molar-refractivity contribution in [1.82, 2.24) is 14.9 Å². The van der Waals surface area contributed by atoms with Gasteiger partial charge in [0.1, 0.15) is 23.8 Å². The van der Waals surface area contributed by atoms with Crippen molar-refractivity contribution < 1.29 is 23.5 Å². The van der Waals surface area contributed by atoms with Gasteiger partial charge in [0, 0.05) is 19.2 Å². The van der Waals surface area contributed by atoms with Crippen molar-refractivity contribution in [1.29, 1.82) is 0 Å². The number of carbonyl (C=O) groups excluding carboxylic acids is 2. The number of aromatic nitrogens is 2. The molecule has 2 amide bonds. The molecular formula is C26H27FN4O5. The molecule has 0 aliphatic carbocycles. The molecule has 36 heavy (non-hydrogen) atoms. The summed E-state index contributed by atoms with van der Waals surface area (Å²) < 4.78 is 26.8. The lowest BCUT2D eigenvalue weighted by atomic mass is 10.1. The lowest BCUT2D eigenvalue weighted by Crippen LogP contribution is -2.43. The number of hydrogen-bond acceptors (Lipinski definition) is 6. The predicted molar refractivity (Wildman–Crippen MR) is 130 cm³/mol. The van der Waals surface area contributed by atoms with Gasteiger partial charge in [0.05, 0.1) is 13.2 Å². The molecule has 4 rings (SSSR count). The third-order valence-electron chi connectivity index (χ3n) is 5.71. The molecule has 10 heteroatoms. The molecule has 0 unspecified atom stereocenters. The van der Waals surface area contributed by atoms with Crippen LogP contribution in [0.25, 0.3) is 0 Å². The van der Waals surface area contributed by atoms with Gasteiger partial charge in [0.15, 0.2) is 5.69 Å². The number of anilines is 1. The van der Waals surface area contributed by atoms with Crippen LogP contribution in [-0.2, 0) is 34.8 Å². The molecule has 0 spiro atoms. The van der Waals surface area contributed by atoms with E-state index in [9.17, 15) is 18.8 Å². The second-order valence-corrected chi connectivity index (χ2v) is 8.87. The van der Waals surface area contributed by atoms with E-state index in [0.717, 1.165) is 5.56 Å². The van der Waals surface area contributed by atoms with Gasteiger partial charge in [0.25, 0.3) is 11.5 Å². The Kier molecular flexibility index (Phi) is 7.16. The first kappa shape index (κ1) is 25.1. The first-order chi connectivity index (χ1) is 17.2. The third-order valence-corrected chi connectivity index (χ3v) is 5.71. The summed E-state index contributed by atoms with van der Waals surface area (Å²) in [4.78, 5) is 42.7. The summed E-state index contributed by atoms with van der Waals surface area (Å²) in [7, 11) is 0. The fraction of sp³-hybridized carbons (Fsp3) is 0.308. The zero-order valence-electron chi connectivity index (χ0n) is 20.3. The normalized spacial score (nSPS) is 14.0. The van der Waals surface area contributed by atoms with Gasteiger partial charge in [-0.15, -0.1) is 0 Å². The number of benzene rings is 2. The van der Waals surface area contributed by atoms with Gasteiger partial charge in [-0.3, -0.25) is 19.0 Å². The average molecular weight is 495 g/mol. The second-order valence-electron chi connectivity index (χ2n) is 8.87. The van der Waals surface area contributed by atoms with Crippen molar-refractivity contribution >= 4 is 17.5 Å². The fourth-order valence-electron chi connectivity index (χ4n) is 3.94. The molecule has 1 aromatic heterocycles. The van der Waals surface area contributed by atoms with Crippen LogP contribution in [0.15, 0.2) is 53.3 Å². The number of rotatable bonds is 7. The van der Waals surface area contributed by atoms with Crippen LogP contribution in [0.4, 0.5) is 10.1 Å². The predicted octanol–water partition coefficient (Wildman–Crippen LogP) is 3.12. The number of nitrogens with zero attached hydrogens (tertiary/aromatic N) is 2. The largest absolute Gasteiger partial charge is 0.481 e. The minimum atomic E-state index is -0.889. The third kappa shape index (κ3) is 5.44. The van der Waals surface area contributed by atoms with E-state index >= 15 is 0 Å². The Bertz CT molecular complexity index is 1350. The Morgan fingerprint density at radius 1 is 1.19 bits per heavy atom. The summed E-state index contributed by atoms with van der Waals surface area (Å²) >= 11 is 0. The highest BCUT2D eigenvalue weighted by Gasteiger charge is 2.35. The highest BCUT2D eigenvalue weighted by Crippen LogP contribution is 2.28. The van der Waals surface area contributed by atoms with Crippen molar-refractivity contribution in [3.05, 3.63) is 87.3 Å². The van der Waals surface area contributed by atoms with Gasteiger partial charge in [-0.25, -0.2) is 9.37 Å². The molecule has 0 saturated carbocycles. The molecule has 0 saturated heterocycles. The minimum absolute atomic E-state index is 0.0488. The molecule has 3 aromatic rings. The van der Waals surface area contributed by atoms with Crippen molar-refractivity contribution in [2.45, 2.75) is 46.1 Å². The summed E-state index contributed by atoms with van der Waals surface area (Å²) in [6.45, 7) is 5.47. The van der Waals surface area contributed by atoms with Crippen LogP contribution in [0.5, 0.6) is 5.75 Å². The van der Waals surface area contributed by atoms with Gasteiger partial charge >= 0.3 is 0 Å². The Morgan fingerprint density at radius 3 is 2.67 bits per heavy atom. The first-order valence-electron chi connectivity index (χ1n) is 11.5. The van der Waals surface area contributed by atoms with Crippen LogP contribution in [0, 0.1) is 5.82 Å². The molecule has 2 N–H and O–H groups in total. The maximum absolute atomic E-state index is 13.7. The van der Waals surface area contributed by atoms with Crippen molar-refractivity contribution in [2.75, 3.05) is 11.9 Å². The molecule has 2 heterocycles. The smallest absolute Gasteiger partial charge is 0.296 e. The van der Waals surface area contributed by atoms with Crippen LogP contribution in [0.1, 0.15) is 48.2 Å². The quantitative estimate of drug-likeness (QED) is 0.522. The molecular weight excluding hydrogens is 467 g/mol. The fourth-order valence-corrected chi connectivity index (χ4v) is 3.94. The standard InChI is InChI=1S/C26H27FN4O5/c1-16(32)29-20-13-19(27)10-9-18(20)14-28-23(33)21-22(35-15-17-7-5-4-6-8-17)24(34)31-11-12-36-26(2,3)25(31)30-21/h4-10,13H,11-12,14-15H2,1-3H3,(H,28,33)(H,29,32). The Labute approximate surface area is 207 Å². The van der Waals surface area contributed by atoms with E-state index < -0.39 is 22.9 Å². The van der Waals surface area contributed by atoms with E-state index in [-0.39, 0.29) is 42.7 Å². The number of carbonyl (C=O) groups is 2. The molecule has 0 fully saturated rings. The number of hydrogen-bond donors (Lipinski definition) is 2. The van der Waals surface area contributed by atoms with Gasteiger partial charge < -0.3 is 20.1 Å². The molecule has 9 nitrogen and oxygen atoms in total. The van der Waals surface area contributed by atoms with Crippen LogP contribution in [0.3, 0.4) is 0 Å². The van der Waals surface area contributed by atoms with Crippen LogP contribution >= 0.6 is 0 Å². The topological polar surface area (TPSA) is 112 Å². The summed E-state index contributed by atoms with van der Waals surface area (Å²) in [6.07, 6.45) is 0. The van der Waals surface area contributed by atoms with E-state index in [4.69, 9.17) is 9.47 Å². The van der Waals surface area contributed by atoms with E-state index in [2.05, 4.69) is 15.6 Å². The van der Waals surface area contributed by atoms with Crippen LogP contribution < -0.4 is 20.9 Å². The van der Waals surface area contributed by atoms with E-state index in [1.165, 1.54) is 29.7 Å². The molecule has 188 valence electrons. The highest BCUT2D eigenvalue weighted by atomic mass is 19.1. The maximum atomic E-state index is 13.7. The summed E-state index contributed by atoms with van der Waals surface area (Å²) in [5, 5.41) is 5.25. The zero-order valence-corrected chi connectivity index (χ0v) is 20.3. The van der Waals surface area contributed by atoms with E-state index in [1.807, 2.05) is 30.3 Å². The molecule has 2 aromatic carbocycles. The van der Waals surface area contributed by atoms with E-state index in [1.54, 1.807) is 13.8 Å². The monoisotopic (exact) mass is 494 g/mol. The Hall–Kier alpha value is -4.05. The Balaban J connectivity index is 1.67. The summed E-state index contributed by atoms with van der Waals surface area (Å²) in [5.74, 6) is -1.41. The number of fused-ring (bicyclic) bond motifs is 1. The van der Waals surface area contributed by atoms with Gasteiger partial charge in [-0.2, -0.15) is 0 Å². The number of halogens is 1. The molecule has 1 aliphatic heterocycles. The lowest BCUT2D eigenvalue weighted by Gasteiger charge is -2.32. The lowest BCUT2D eigenvalue weighted by molar-refractivity contribution is -0.114. The number of ether oxygens (including phenoxy) is 2. The average Bonchev–Trinajstić information content (AvgIpc) is 2.83. The molecule has 0 radical (unpaired) electrons. The number of amides is 2. The van der Waals surface area contributed by atoms with Crippen LogP contribution in [-0.4, -0.2) is 28.0 Å². The van der Waals surface area contributed by atoms with Gasteiger partial charge in [-0.05, 0) is 37.1 Å². The number of nitrogens with one attached hydrogen (secondary N) is 2. The van der Waals surface area contributed by atoms with Gasteiger partial charge in [0.2, 0.25) is 11.7 Å². The molecule has 0 bridgehead atoms. The highest BCUT2D eigenvalue weighted by molar-refractivity contribution is 5.95. The summed E-state index contributed by atoms with van der Waals surface area (Å²) in [6, 6.07) is 13.1. The first-order valence-corrected chi connectivity index (χ1v) is 11.5. The van der Waals surface area contributed by atoms with E-state index in [0.29, 0.717) is 18.0 Å². The Morgan fingerprint density at radius 2 is 1.94 bits per heavy atom. The zero-order chi connectivity index (χ0) is 25.9. The van der Waals surface area contributed by atoms with Crippen molar-refractivity contribution in [3.8, 4) is 5.75 Å². The molecule has 0 atom stereocenters. The maximum Gasteiger partial charge on any atom is 0.296 e. The second kappa shape index (κ2) is 10.3. The van der Waals surface area contributed by atoms with Crippen molar-refractivity contribution in [3.63, 3.8) is 0 Å². The van der Waals surface area contributed by atoms with Gasteiger partial charge in [-0.1, -0.05) is 36.4 Å².